The van der Waals surface area contributed by atoms with Crippen molar-refractivity contribution in [2.75, 3.05) is 0 Å². The van der Waals surface area contributed by atoms with Gasteiger partial charge >= 0.3 is 0 Å². The summed E-state index contributed by atoms with van der Waals surface area (Å²) < 4.78 is 0. The maximum Gasteiger partial charge on any atom is 0.152 e. The normalized spacial score (nSPS) is 20.8. The van der Waals surface area contributed by atoms with Gasteiger partial charge in [0, 0.05) is 0 Å². The third-order valence-corrected chi connectivity index (χ3v) is 2.59. The number of alkyl halides is 2. The van der Waals surface area contributed by atoms with Crippen LogP contribution in [-0.2, 0) is 0 Å². The van der Waals surface area contributed by atoms with Gasteiger partial charge in [0.25, 0.3) is 0 Å². The molecule has 2 nitrogen and oxygen atoms in total. The SMILES string of the molecule is CC(C)(C)CC(C)(Cl)N=NC(C)(Cl)CC(C)(C)C. The Hall–Kier alpha value is 0.180. The van der Waals surface area contributed by atoms with Gasteiger partial charge in [-0.25, -0.2) is 0 Å². The lowest BCUT2D eigenvalue weighted by Crippen LogP contribution is -2.25. The van der Waals surface area contributed by atoms with Crippen LogP contribution in [0.3, 0.4) is 0 Å². The second kappa shape index (κ2) is 5.66. The zero-order valence-electron chi connectivity index (χ0n) is 13.1. The monoisotopic (exact) mass is 294 g/mol. The van der Waals surface area contributed by atoms with Gasteiger partial charge in [0.15, 0.2) is 10.00 Å². The minimum absolute atomic E-state index is 0.113. The van der Waals surface area contributed by atoms with Gasteiger partial charge in [-0.15, -0.1) is 0 Å². The fourth-order valence-corrected chi connectivity index (χ4v) is 3.09. The van der Waals surface area contributed by atoms with E-state index in [1.807, 2.05) is 13.8 Å². The van der Waals surface area contributed by atoms with Crippen LogP contribution in [-0.4, -0.2) is 10.00 Å². The summed E-state index contributed by atoms with van der Waals surface area (Å²) >= 11 is 12.8. The van der Waals surface area contributed by atoms with E-state index in [-0.39, 0.29) is 10.8 Å². The van der Waals surface area contributed by atoms with Crippen LogP contribution < -0.4 is 0 Å². The average Bonchev–Trinajstić information content (AvgIpc) is 1.91. The fourth-order valence-electron chi connectivity index (χ4n) is 2.22. The summed E-state index contributed by atoms with van der Waals surface area (Å²) in [7, 11) is 0. The number of halogens is 2. The second-order valence-electron chi connectivity index (χ2n) is 7.96. The lowest BCUT2D eigenvalue weighted by Gasteiger charge is -2.29. The van der Waals surface area contributed by atoms with Gasteiger partial charge in [0.1, 0.15) is 0 Å². The summed E-state index contributed by atoms with van der Waals surface area (Å²) in [4.78, 5) is -1.38. The molecule has 0 rings (SSSR count). The lowest BCUT2D eigenvalue weighted by molar-refractivity contribution is 0.300. The molecular formula is C14H28Cl2N2. The summed E-state index contributed by atoms with van der Waals surface area (Å²) in [6.45, 7) is 16.6. The molecule has 0 radical (unpaired) electrons. The van der Waals surface area contributed by atoms with E-state index in [0.29, 0.717) is 0 Å². The number of nitrogens with zero attached hydrogens (tertiary/aromatic N) is 2. The molecule has 0 N–H and O–H groups in total. The van der Waals surface area contributed by atoms with Crippen LogP contribution >= 0.6 is 23.2 Å². The topological polar surface area (TPSA) is 24.7 Å². The van der Waals surface area contributed by atoms with E-state index >= 15 is 0 Å². The van der Waals surface area contributed by atoms with E-state index < -0.39 is 10.00 Å². The van der Waals surface area contributed by atoms with Crippen LogP contribution in [0.4, 0.5) is 0 Å². The highest BCUT2D eigenvalue weighted by molar-refractivity contribution is 6.24. The molecule has 0 saturated carbocycles. The van der Waals surface area contributed by atoms with Crippen molar-refractivity contribution in [3.05, 3.63) is 0 Å². The highest BCUT2D eigenvalue weighted by Gasteiger charge is 2.31. The first-order valence-electron chi connectivity index (χ1n) is 6.44. The van der Waals surface area contributed by atoms with Gasteiger partial charge in [0.05, 0.1) is 0 Å². The summed E-state index contributed by atoms with van der Waals surface area (Å²) in [5.74, 6) is 0. The first kappa shape index (κ1) is 18.2. The Morgan fingerprint density at radius 1 is 0.611 bits per heavy atom. The Balaban J connectivity index is 4.71. The smallest absolute Gasteiger partial charge is 0.152 e. The molecule has 0 heterocycles. The average molecular weight is 295 g/mol. The summed E-state index contributed by atoms with van der Waals surface area (Å²) in [5, 5.41) is 8.51. The second-order valence-corrected chi connectivity index (χ2v) is 9.59. The van der Waals surface area contributed by atoms with Crippen molar-refractivity contribution in [3.63, 3.8) is 0 Å². The Kier molecular flexibility index (Phi) is 5.72. The highest BCUT2D eigenvalue weighted by atomic mass is 35.5. The molecule has 0 aliphatic heterocycles. The molecule has 0 aliphatic carbocycles. The maximum absolute atomic E-state index is 6.38. The van der Waals surface area contributed by atoms with E-state index in [1.165, 1.54) is 0 Å². The Morgan fingerprint density at radius 3 is 1.00 bits per heavy atom. The van der Waals surface area contributed by atoms with E-state index in [2.05, 4.69) is 51.8 Å². The zero-order chi connectivity index (χ0) is 14.8. The largest absolute Gasteiger partial charge is 0.170 e. The molecule has 0 spiro atoms. The lowest BCUT2D eigenvalue weighted by atomic mass is 9.88. The number of azo groups is 1. The Bertz CT molecular complexity index is 264. The van der Waals surface area contributed by atoms with Crippen LogP contribution in [0, 0.1) is 10.8 Å². The van der Waals surface area contributed by atoms with Crippen molar-refractivity contribution in [3.8, 4) is 0 Å². The van der Waals surface area contributed by atoms with Crippen LogP contribution in [0.15, 0.2) is 10.2 Å². The van der Waals surface area contributed by atoms with Gasteiger partial charge in [-0.3, -0.25) is 0 Å². The van der Waals surface area contributed by atoms with Crippen LogP contribution in [0.5, 0.6) is 0 Å². The molecule has 0 aromatic rings. The first-order valence-corrected chi connectivity index (χ1v) is 7.20. The molecule has 2 unspecified atom stereocenters. The van der Waals surface area contributed by atoms with Gasteiger partial charge in [-0.05, 0) is 37.5 Å². The molecule has 0 fully saturated rings. The number of hydrogen-bond donors (Lipinski definition) is 0. The predicted octanol–water partition coefficient (Wildman–Crippen LogP) is 6.22. The fraction of sp³-hybridized carbons (Fsp3) is 1.00. The van der Waals surface area contributed by atoms with E-state index in [4.69, 9.17) is 23.2 Å². The molecule has 0 saturated heterocycles. The van der Waals surface area contributed by atoms with Gasteiger partial charge in [0.2, 0.25) is 0 Å². The molecule has 0 amide bonds. The summed E-state index contributed by atoms with van der Waals surface area (Å²) in [6, 6.07) is 0. The third-order valence-electron chi connectivity index (χ3n) is 2.17. The van der Waals surface area contributed by atoms with Crippen molar-refractivity contribution in [2.45, 2.75) is 78.2 Å². The zero-order valence-corrected chi connectivity index (χ0v) is 14.6. The van der Waals surface area contributed by atoms with Crippen molar-refractivity contribution in [1.29, 1.82) is 0 Å². The van der Waals surface area contributed by atoms with Gasteiger partial charge in [-0.2, -0.15) is 10.2 Å². The van der Waals surface area contributed by atoms with Gasteiger partial charge in [-0.1, -0.05) is 64.7 Å². The standard InChI is InChI=1S/C14H28Cl2N2/c1-11(2,3)9-13(7,15)17-18-14(8,16)10-12(4,5)6/h9-10H2,1-8H3. The van der Waals surface area contributed by atoms with Crippen molar-refractivity contribution >= 4 is 23.2 Å². The van der Waals surface area contributed by atoms with Crippen LogP contribution in [0.25, 0.3) is 0 Å². The molecule has 18 heavy (non-hydrogen) atoms. The van der Waals surface area contributed by atoms with Crippen molar-refractivity contribution < 1.29 is 0 Å². The molecule has 0 aliphatic rings. The van der Waals surface area contributed by atoms with Crippen LogP contribution in [0.1, 0.15) is 68.2 Å². The number of rotatable bonds is 4. The van der Waals surface area contributed by atoms with Crippen LogP contribution in [0.2, 0.25) is 0 Å². The summed E-state index contributed by atoms with van der Waals surface area (Å²) in [6.07, 6.45) is 1.51. The van der Waals surface area contributed by atoms with Gasteiger partial charge < -0.3 is 0 Å². The van der Waals surface area contributed by atoms with E-state index in [1.54, 1.807) is 0 Å². The van der Waals surface area contributed by atoms with Crippen molar-refractivity contribution in [2.24, 2.45) is 21.1 Å². The molecule has 0 bridgehead atoms. The van der Waals surface area contributed by atoms with E-state index in [9.17, 15) is 0 Å². The Morgan fingerprint density at radius 2 is 0.833 bits per heavy atom. The molecule has 108 valence electrons. The Labute approximate surface area is 123 Å². The molecule has 0 aromatic carbocycles. The minimum Gasteiger partial charge on any atom is -0.170 e. The molecule has 2 atom stereocenters. The highest BCUT2D eigenvalue weighted by Crippen LogP contribution is 2.37. The molecular weight excluding hydrogens is 267 g/mol. The quantitative estimate of drug-likeness (QED) is 0.334. The third kappa shape index (κ3) is 10.1. The molecule has 0 aromatic heterocycles. The van der Waals surface area contributed by atoms with Crippen molar-refractivity contribution in [1.82, 2.24) is 0 Å². The number of hydrogen-bond acceptors (Lipinski definition) is 2. The minimum atomic E-state index is -0.688. The summed E-state index contributed by atoms with van der Waals surface area (Å²) in [5.41, 5.74) is 0.227. The predicted molar refractivity (Wildman–Crippen MR) is 81.5 cm³/mol. The maximum atomic E-state index is 6.38. The molecule has 4 heteroatoms. The van der Waals surface area contributed by atoms with E-state index in [0.717, 1.165) is 12.8 Å². The first-order chi connectivity index (χ1) is 7.62.